The number of ketones is 1. The normalized spacial score (nSPS) is 49.8. The van der Waals surface area contributed by atoms with Crippen LogP contribution in [-0.2, 0) is 4.79 Å². The van der Waals surface area contributed by atoms with E-state index in [2.05, 4.69) is 7.05 Å². The topological polar surface area (TPSA) is 41.7 Å². The molecule has 3 heteroatoms. The molecule has 2 N–H and O–H groups in total. The minimum Gasteiger partial charge on any atom is -0.387 e. The van der Waals surface area contributed by atoms with Crippen molar-refractivity contribution in [2.45, 2.75) is 37.5 Å². The van der Waals surface area contributed by atoms with Gasteiger partial charge < -0.3 is 10.0 Å². The maximum atomic E-state index is 11.1. The predicted molar refractivity (Wildman–Crippen MR) is 39.3 cm³/mol. The monoisotopic (exact) mass is 156 g/mol. The third kappa shape index (κ3) is 0.993. The zero-order valence-electron chi connectivity index (χ0n) is 6.71. The van der Waals surface area contributed by atoms with E-state index in [0.29, 0.717) is 24.7 Å². The zero-order valence-corrected chi connectivity index (χ0v) is 6.71. The van der Waals surface area contributed by atoms with Crippen LogP contribution in [0.5, 0.6) is 0 Å². The molecule has 0 saturated carbocycles. The Morgan fingerprint density at radius 3 is 2.91 bits per heavy atom. The molecule has 0 amide bonds. The van der Waals surface area contributed by atoms with Crippen LogP contribution in [0, 0.1) is 0 Å². The van der Waals surface area contributed by atoms with Gasteiger partial charge in [-0.05, 0) is 0 Å². The molecule has 0 radical (unpaired) electrons. The van der Waals surface area contributed by atoms with Gasteiger partial charge in [0.25, 0.3) is 0 Å². The maximum Gasteiger partial charge on any atom is 0.144 e. The number of piperidine rings is 1. The molecule has 11 heavy (non-hydrogen) atoms. The van der Waals surface area contributed by atoms with Gasteiger partial charge in [0.15, 0.2) is 0 Å². The number of quaternary nitrogens is 1. The van der Waals surface area contributed by atoms with Crippen molar-refractivity contribution in [2.75, 3.05) is 7.05 Å². The van der Waals surface area contributed by atoms with Gasteiger partial charge in [-0.3, -0.25) is 4.79 Å². The number of Topliss-reactive ketones (excluding diaryl/α,β-unsaturated/α-hetero) is 1. The summed E-state index contributed by atoms with van der Waals surface area (Å²) >= 11 is 0. The Morgan fingerprint density at radius 1 is 1.55 bits per heavy atom. The lowest BCUT2D eigenvalue weighted by Crippen LogP contribution is -3.16. The molecule has 2 bridgehead atoms. The third-order valence-corrected chi connectivity index (χ3v) is 3.14. The molecule has 4 atom stereocenters. The number of aliphatic hydroxyl groups excluding tert-OH is 1. The molecule has 4 unspecified atom stereocenters. The highest BCUT2D eigenvalue weighted by molar-refractivity contribution is 5.80. The fourth-order valence-corrected chi connectivity index (χ4v) is 2.39. The third-order valence-electron chi connectivity index (χ3n) is 3.14. The van der Waals surface area contributed by atoms with E-state index < -0.39 is 0 Å². The number of hydrogen-bond donors (Lipinski definition) is 2. The molecule has 2 rings (SSSR count). The van der Waals surface area contributed by atoms with E-state index in [1.54, 1.807) is 0 Å². The molecule has 0 spiro atoms. The molecule has 2 aliphatic rings. The van der Waals surface area contributed by atoms with Crippen molar-refractivity contribution in [1.29, 1.82) is 0 Å². The summed E-state index contributed by atoms with van der Waals surface area (Å²) in [5, 5.41) is 9.51. The van der Waals surface area contributed by atoms with E-state index in [4.69, 9.17) is 0 Å². The number of nitrogens with one attached hydrogen (secondary N) is 1. The average Bonchev–Trinajstić information content (AvgIpc) is 2.17. The highest BCUT2D eigenvalue weighted by Crippen LogP contribution is 2.19. The molecule has 0 aromatic rings. The summed E-state index contributed by atoms with van der Waals surface area (Å²) in [7, 11) is 2.08. The van der Waals surface area contributed by atoms with Gasteiger partial charge in [0, 0.05) is 6.42 Å². The van der Waals surface area contributed by atoms with Crippen LogP contribution in [0.3, 0.4) is 0 Å². The minimum absolute atomic E-state index is 0.196. The highest BCUT2D eigenvalue weighted by Gasteiger charge is 2.47. The molecule has 3 nitrogen and oxygen atoms in total. The van der Waals surface area contributed by atoms with Crippen LogP contribution < -0.4 is 4.90 Å². The Labute approximate surface area is 66.0 Å². The SMILES string of the molecule is C[NH+]1C2CC(=O)CC1C(O)C2. The first-order valence-electron chi connectivity index (χ1n) is 4.21. The van der Waals surface area contributed by atoms with Gasteiger partial charge in [-0.2, -0.15) is 0 Å². The first kappa shape index (κ1) is 7.25. The Morgan fingerprint density at radius 2 is 2.27 bits per heavy atom. The molecule has 2 heterocycles. The number of likely N-dealkylation sites (N-methyl/N-ethyl adjacent to an activating group) is 1. The number of hydrogen-bond acceptors (Lipinski definition) is 2. The van der Waals surface area contributed by atoms with E-state index in [1.165, 1.54) is 4.90 Å². The lowest BCUT2D eigenvalue weighted by Gasteiger charge is -2.26. The van der Waals surface area contributed by atoms with Gasteiger partial charge >= 0.3 is 0 Å². The molecule has 2 saturated heterocycles. The second-order valence-corrected chi connectivity index (χ2v) is 3.80. The summed E-state index contributed by atoms with van der Waals surface area (Å²) < 4.78 is 0. The standard InChI is InChI=1S/C8H13NO2/c1-9-5-2-6(10)4-7(9)8(11)3-5/h5,7-8,11H,2-4H2,1H3/p+1. The quantitative estimate of drug-likeness (QED) is 0.442. The van der Waals surface area contributed by atoms with Gasteiger partial charge in [-0.1, -0.05) is 0 Å². The second-order valence-electron chi connectivity index (χ2n) is 3.80. The summed E-state index contributed by atoms with van der Waals surface area (Å²) in [6.45, 7) is 0. The van der Waals surface area contributed by atoms with E-state index in [9.17, 15) is 9.90 Å². The van der Waals surface area contributed by atoms with Crippen molar-refractivity contribution in [3.8, 4) is 0 Å². The number of aliphatic hydroxyl groups is 1. The van der Waals surface area contributed by atoms with Crippen molar-refractivity contribution in [1.82, 2.24) is 0 Å². The van der Waals surface area contributed by atoms with Gasteiger partial charge in [0.2, 0.25) is 0 Å². The summed E-state index contributed by atoms with van der Waals surface area (Å²) in [5.74, 6) is 0.335. The first-order chi connectivity index (χ1) is 5.18. The van der Waals surface area contributed by atoms with Crippen LogP contribution in [-0.4, -0.2) is 36.1 Å². The molecule has 2 fully saturated rings. The second kappa shape index (κ2) is 2.29. The zero-order chi connectivity index (χ0) is 8.01. The highest BCUT2D eigenvalue weighted by atomic mass is 16.3. The smallest absolute Gasteiger partial charge is 0.144 e. The van der Waals surface area contributed by atoms with E-state index in [0.717, 1.165) is 6.42 Å². The molecule has 62 valence electrons. The summed E-state index contributed by atoms with van der Waals surface area (Å²) in [5.41, 5.74) is 0. The molecular formula is C8H14NO2+. The summed E-state index contributed by atoms with van der Waals surface area (Å²) in [4.78, 5) is 12.4. The molecule has 0 aliphatic carbocycles. The Kier molecular flexibility index (Phi) is 1.51. The molecule has 0 aromatic heterocycles. The van der Waals surface area contributed by atoms with E-state index in [1.807, 2.05) is 0 Å². The average molecular weight is 156 g/mol. The van der Waals surface area contributed by atoms with Crippen molar-refractivity contribution < 1.29 is 14.8 Å². The Bertz CT molecular complexity index is 193. The lowest BCUT2D eigenvalue weighted by atomic mass is 10.0. The molecule has 2 aliphatic heterocycles. The largest absolute Gasteiger partial charge is 0.387 e. The van der Waals surface area contributed by atoms with Crippen LogP contribution in [0.15, 0.2) is 0 Å². The van der Waals surface area contributed by atoms with Crippen LogP contribution >= 0.6 is 0 Å². The van der Waals surface area contributed by atoms with Crippen molar-refractivity contribution in [3.63, 3.8) is 0 Å². The maximum absolute atomic E-state index is 11.1. The number of carbonyl (C=O) groups excluding carboxylic acids is 1. The van der Waals surface area contributed by atoms with Crippen LogP contribution in [0.2, 0.25) is 0 Å². The number of fused-ring (bicyclic) bond motifs is 2. The van der Waals surface area contributed by atoms with E-state index >= 15 is 0 Å². The summed E-state index contributed by atoms with van der Waals surface area (Å²) in [6, 6.07) is 0.595. The van der Waals surface area contributed by atoms with Crippen LogP contribution in [0.1, 0.15) is 19.3 Å². The van der Waals surface area contributed by atoms with Gasteiger partial charge in [-0.15, -0.1) is 0 Å². The van der Waals surface area contributed by atoms with Crippen molar-refractivity contribution >= 4 is 5.78 Å². The molecular weight excluding hydrogens is 142 g/mol. The van der Waals surface area contributed by atoms with Crippen molar-refractivity contribution in [2.24, 2.45) is 0 Å². The number of carbonyl (C=O) groups is 1. The fraction of sp³-hybridized carbons (Fsp3) is 0.875. The van der Waals surface area contributed by atoms with Crippen LogP contribution in [0.25, 0.3) is 0 Å². The van der Waals surface area contributed by atoms with E-state index in [-0.39, 0.29) is 12.1 Å². The van der Waals surface area contributed by atoms with Gasteiger partial charge in [-0.25, -0.2) is 0 Å². The Balaban J connectivity index is 2.20. The van der Waals surface area contributed by atoms with Gasteiger partial charge in [0.05, 0.1) is 25.9 Å². The Hall–Kier alpha value is -0.410. The lowest BCUT2D eigenvalue weighted by molar-refractivity contribution is -0.919. The van der Waals surface area contributed by atoms with Crippen LogP contribution in [0.4, 0.5) is 0 Å². The summed E-state index contributed by atoms with van der Waals surface area (Å²) in [6.07, 6.45) is 1.86. The fourth-order valence-electron chi connectivity index (χ4n) is 2.39. The number of rotatable bonds is 0. The van der Waals surface area contributed by atoms with Crippen molar-refractivity contribution in [3.05, 3.63) is 0 Å². The first-order valence-corrected chi connectivity index (χ1v) is 4.21. The minimum atomic E-state index is -0.230. The molecule has 0 aromatic carbocycles. The predicted octanol–water partition coefficient (Wildman–Crippen LogP) is -1.63. The van der Waals surface area contributed by atoms with Gasteiger partial charge in [0.1, 0.15) is 17.9 Å².